The van der Waals surface area contributed by atoms with E-state index in [0.29, 0.717) is 29.4 Å². The molecule has 2 aromatic rings. The van der Waals surface area contributed by atoms with Crippen LogP contribution in [0.5, 0.6) is 5.75 Å². The first kappa shape index (κ1) is 17.1. The molecule has 1 unspecified atom stereocenters. The third kappa shape index (κ3) is 3.23. The molecule has 0 bridgehead atoms. The Morgan fingerprint density at radius 2 is 2.00 bits per heavy atom. The van der Waals surface area contributed by atoms with Crippen LogP contribution >= 0.6 is 23.2 Å². The molecule has 0 saturated heterocycles. The summed E-state index contributed by atoms with van der Waals surface area (Å²) in [5.41, 5.74) is 0.683. The maximum absolute atomic E-state index is 12.3. The number of carbonyl (C=O) groups excluding carboxylic acids is 1. The Morgan fingerprint density at radius 1 is 1.25 bits per heavy atom. The van der Waals surface area contributed by atoms with Crippen LogP contribution < -0.4 is 15.2 Å². The van der Waals surface area contributed by atoms with Crippen molar-refractivity contribution < 1.29 is 22.4 Å². The molecule has 1 amide bonds. The molecule has 7 nitrogen and oxygen atoms in total. The van der Waals surface area contributed by atoms with E-state index in [1.165, 1.54) is 6.07 Å². The number of sulfonamides is 1. The van der Waals surface area contributed by atoms with Crippen molar-refractivity contribution in [1.29, 1.82) is 0 Å². The molecule has 24 heavy (non-hydrogen) atoms. The molecule has 1 aliphatic rings. The van der Waals surface area contributed by atoms with Gasteiger partial charge in [0.2, 0.25) is 5.09 Å². The van der Waals surface area contributed by atoms with E-state index in [1.807, 2.05) is 0 Å². The molecule has 2 heterocycles. The monoisotopic (exact) mass is 390 g/mol. The van der Waals surface area contributed by atoms with E-state index >= 15 is 0 Å². The zero-order valence-corrected chi connectivity index (χ0v) is 14.4. The standard InChI is InChI=1S/C14H12Cl2N2O5S/c15-8-2-1-7-9(5-6-22-13(7)12(8)16)18-14(19)10-3-4-11(23-10)24(17,20)21/h1-4,9H,5-6H2,(H,18,19)(H2,17,20,21). The summed E-state index contributed by atoms with van der Waals surface area (Å²) in [6, 6.07) is 5.32. The van der Waals surface area contributed by atoms with Crippen molar-refractivity contribution in [1.82, 2.24) is 5.32 Å². The third-order valence-corrected chi connectivity index (χ3v) is 5.07. The average molecular weight is 391 g/mol. The fourth-order valence-corrected chi connectivity index (χ4v) is 3.22. The summed E-state index contributed by atoms with van der Waals surface area (Å²) in [7, 11) is -4.01. The van der Waals surface area contributed by atoms with Gasteiger partial charge in [-0.1, -0.05) is 29.3 Å². The Labute approximate surface area is 147 Å². The molecule has 1 aromatic carbocycles. The molecule has 0 spiro atoms. The number of nitrogens with two attached hydrogens (primary N) is 1. The van der Waals surface area contributed by atoms with E-state index < -0.39 is 21.0 Å². The molecule has 3 rings (SSSR count). The van der Waals surface area contributed by atoms with E-state index in [1.54, 1.807) is 12.1 Å². The number of benzene rings is 1. The van der Waals surface area contributed by atoms with Gasteiger partial charge >= 0.3 is 0 Å². The molecule has 1 aliphatic heterocycles. The molecule has 1 atom stereocenters. The first-order valence-electron chi connectivity index (χ1n) is 6.81. The highest BCUT2D eigenvalue weighted by Crippen LogP contribution is 2.41. The van der Waals surface area contributed by atoms with Crippen LogP contribution in [0.1, 0.15) is 28.6 Å². The van der Waals surface area contributed by atoms with Crippen LogP contribution in [-0.2, 0) is 10.0 Å². The molecule has 1 aromatic heterocycles. The Morgan fingerprint density at radius 3 is 2.67 bits per heavy atom. The molecule has 0 aliphatic carbocycles. The van der Waals surface area contributed by atoms with Crippen molar-refractivity contribution in [3.63, 3.8) is 0 Å². The van der Waals surface area contributed by atoms with Gasteiger partial charge in [-0.15, -0.1) is 0 Å². The normalized spacial score (nSPS) is 17.0. The molecule has 128 valence electrons. The summed E-state index contributed by atoms with van der Waals surface area (Å²) in [5, 5.41) is 7.86. The van der Waals surface area contributed by atoms with E-state index in [2.05, 4.69) is 5.32 Å². The minimum absolute atomic E-state index is 0.160. The van der Waals surface area contributed by atoms with Crippen molar-refractivity contribution in [3.8, 4) is 5.75 Å². The maximum atomic E-state index is 12.3. The smallest absolute Gasteiger partial charge is 0.287 e. The third-order valence-electron chi connectivity index (χ3n) is 3.50. The number of ether oxygens (including phenoxy) is 1. The summed E-state index contributed by atoms with van der Waals surface area (Å²) in [6.45, 7) is 0.346. The lowest BCUT2D eigenvalue weighted by Crippen LogP contribution is -2.32. The Hall–Kier alpha value is -1.74. The van der Waals surface area contributed by atoms with Crippen LogP contribution in [0.25, 0.3) is 0 Å². The second-order valence-corrected chi connectivity index (χ2v) is 7.38. The zero-order valence-electron chi connectivity index (χ0n) is 12.1. The Kier molecular flexibility index (Phi) is 4.48. The molecule has 0 saturated carbocycles. The number of hydrogen-bond acceptors (Lipinski definition) is 5. The topological polar surface area (TPSA) is 112 Å². The SMILES string of the molecule is NS(=O)(=O)c1ccc(C(=O)NC2CCOc3c2ccc(Cl)c3Cl)o1. The van der Waals surface area contributed by atoms with Gasteiger partial charge in [0, 0.05) is 12.0 Å². The van der Waals surface area contributed by atoms with Gasteiger partial charge in [-0.2, -0.15) is 0 Å². The van der Waals surface area contributed by atoms with Gasteiger partial charge in [0.1, 0.15) is 10.8 Å². The van der Waals surface area contributed by atoms with Crippen molar-refractivity contribution in [2.45, 2.75) is 17.6 Å². The van der Waals surface area contributed by atoms with Crippen LogP contribution in [0, 0.1) is 0 Å². The summed E-state index contributed by atoms with van der Waals surface area (Å²) < 4.78 is 32.9. The molecular weight excluding hydrogens is 379 g/mol. The van der Waals surface area contributed by atoms with Gasteiger partial charge in [-0.05, 0) is 18.2 Å². The van der Waals surface area contributed by atoms with Gasteiger partial charge in [-0.25, -0.2) is 13.6 Å². The molecule has 10 heteroatoms. The first-order chi connectivity index (χ1) is 11.3. The summed E-state index contributed by atoms with van der Waals surface area (Å²) in [6.07, 6.45) is 0.513. The van der Waals surface area contributed by atoms with E-state index in [-0.39, 0.29) is 16.8 Å². The van der Waals surface area contributed by atoms with E-state index in [0.717, 1.165) is 6.07 Å². The van der Waals surface area contributed by atoms with Crippen molar-refractivity contribution >= 4 is 39.1 Å². The van der Waals surface area contributed by atoms with Crippen LogP contribution in [0.4, 0.5) is 0 Å². The fourth-order valence-electron chi connectivity index (χ4n) is 2.38. The predicted octanol–water partition coefficient (Wildman–Crippen LogP) is 2.49. The second kappa shape index (κ2) is 6.29. The lowest BCUT2D eigenvalue weighted by Gasteiger charge is -2.27. The highest BCUT2D eigenvalue weighted by molar-refractivity contribution is 7.89. The Balaban J connectivity index is 1.84. The first-order valence-corrected chi connectivity index (χ1v) is 9.12. The maximum Gasteiger partial charge on any atom is 0.287 e. The second-order valence-electron chi connectivity index (χ2n) is 5.11. The van der Waals surface area contributed by atoms with Crippen LogP contribution in [0.3, 0.4) is 0 Å². The molecule has 0 radical (unpaired) electrons. The minimum atomic E-state index is -4.01. The number of carbonyl (C=O) groups is 1. The number of furan rings is 1. The van der Waals surface area contributed by atoms with Crippen LogP contribution in [0.2, 0.25) is 10.0 Å². The molecular formula is C14H12Cl2N2O5S. The number of amides is 1. The van der Waals surface area contributed by atoms with Gasteiger partial charge in [0.05, 0.1) is 17.7 Å². The molecule has 0 fully saturated rings. The molecule has 3 N–H and O–H groups in total. The zero-order chi connectivity index (χ0) is 17.5. The van der Waals surface area contributed by atoms with Gasteiger partial charge < -0.3 is 14.5 Å². The Bertz CT molecular complexity index is 910. The lowest BCUT2D eigenvalue weighted by molar-refractivity contribution is 0.0891. The highest BCUT2D eigenvalue weighted by atomic mass is 35.5. The number of hydrogen-bond donors (Lipinski definition) is 2. The summed E-state index contributed by atoms with van der Waals surface area (Å²) >= 11 is 12.1. The number of primary sulfonamides is 1. The fraction of sp³-hybridized carbons (Fsp3) is 0.214. The van der Waals surface area contributed by atoms with E-state index in [4.69, 9.17) is 37.5 Å². The quantitative estimate of drug-likeness (QED) is 0.835. The van der Waals surface area contributed by atoms with Gasteiger partial charge in [0.25, 0.3) is 15.9 Å². The minimum Gasteiger partial charge on any atom is -0.492 e. The lowest BCUT2D eigenvalue weighted by atomic mass is 10.0. The van der Waals surface area contributed by atoms with Crippen molar-refractivity contribution in [2.24, 2.45) is 5.14 Å². The number of fused-ring (bicyclic) bond motifs is 1. The summed E-state index contributed by atoms with van der Waals surface area (Å²) in [4.78, 5) is 12.3. The number of nitrogens with one attached hydrogen (secondary N) is 1. The summed E-state index contributed by atoms with van der Waals surface area (Å²) in [5.74, 6) is -0.314. The van der Waals surface area contributed by atoms with Crippen molar-refractivity contribution in [2.75, 3.05) is 6.61 Å². The largest absolute Gasteiger partial charge is 0.492 e. The number of rotatable bonds is 3. The number of halogens is 2. The predicted molar refractivity (Wildman–Crippen MR) is 86.9 cm³/mol. The van der Waals surface area contributed by atoms with Gasteiger partial charge in [0.15, 0.2) is 5.76 Å². The van der Waals surface area contributed by atoms with Gasteiger partial charge in [-0.3, -0.25) is 4.79 Å². The highest BCUT2D eigenvalue weighted by Gasteiger charge is 2.27. The van der Waals surface area contributed by atoms with Crippen molar-refractivity contribution in [3.05, 3.63) is 45.6 Å². The van der Waals surface area contributed by atoms with Crippen LogP contribution in [0.15, 0.2) is 33.8 Å². The van der Waals surface area contributed by atoms with Crippen LogP contribution in [-0.4, -0.2) is 20.9 Å². The van der Waals surface area contributed by atoms with E-state index in [9.17, 15) is 13.2 Å². The average Bonchev–Trinajstić information content (AvgIpc) is 3.02.